The molecule has 0 fully saturated rings. The van der Waals surface area contributed by atoms with Crippen LogP contribution in [0.5, 0.6) is 0 Å². The number of nitro benzene ring substituents is 1. The smallest absolute Gasteiger partial charge is 0.288 e. The van der Waals surface area contributed by atoms with Gasteiger partial charge >= 0.3 is 0 Å². The molecule has 1 aromatic carbocycles. The second-order valence-corrected chi connectivity index (χ2v) is 4.32. The van der Waals surface area contributed by atoms with Crippen LogP contribution < -0.4 is 5.32 Å². The number of anilines is 1. The Morgan fingerprint density at radius 1 is 1.30 bits per heavy atom. The van der Waals surface area contributed by atoms with Crippen molar-refractivity contribution in [2.45, 2.75) is 0 Å². The van der Waals surface area contributed by atoms with E-state index in [1.54, 1.807) is 0 Å². The number of hydrogen-bond acceptors (Lipinski definition) is 5. The summed E-state index contributed by atoms with van der Waals surface area (Å²) in [4.78, 5) is 29.6. The van der Waals surface area contributed by atoms with E-state index in [0.29, 0.717) is 0 Å². The molecule has 20 heavy (non-hydrogen) atoms. The topological polar surface area (TPSA) is 98.0 Å². The van der Waals surface area contributed by atoms with Gasteiger partial charge in [-0.05, 0) is 12.1 Å². The number of aromatic nitrogens is 2. The highest BCUT2D eigenvalue weighted by Gasteiger charge is 2.20. The normalized spacial score (nSPS) is 10.1. The lowest BCUT2D eigenvalue weighted by atomic mass is 10.2. The lowest BCUT2D eigenvalue weighted by molar-refractivity contribution is -0.384. The van der Waals surface area contributed by atoms with Crippen LogP contribution in [0.4, 0.5) is 11.6 Å². The molecule has 102 valence electrons. The summed E-state index contributed by atoms with van der Waals surface area (Å²) in [7, 11) is 0. The molecular weight excluding hydrogens is 307 g/mol. The number of nitro groups is 1. The van der Waals surface area contributed by atoms with Crippen LogP contribution in [-0.2, 0) is 0 Å². The summed E-state index contributed by atoms with van der Waals surface area (Å²) < 4.78 is 0. The first-order valence-corrected chi connectivity index (χ1v) is 5.97. The molecule has 0 aliphatic rings. The van der Waals surface area contributed by atoms with E-state index in [-0.39, 0.29) is 27.4 Å². The monoisotopic (exact) mass is 312 g/mol. The summed E-state index contributed by atoms with van der Waals surface area (Å²) in [6, 6.07) is 5.36. The number of benzene rings is 1. The van der Waals surface area contributed by atoms with Gasteiger partial charge in [0, 0.05) is 12.3 Å². The fourth-order valence-corrected chi connectivity index (χ4v) is 1.82. The molecule has 1 amide bonds. The quantitative estimate of drug-likeness (QED) is 0.533. The summed E-state index contributed by atoms with van der Waals surface area (Å²) in [6.07, 6.45) is 1.36. The lowest BCUT2D eigenvalue weighted by Gasteiger charge is -2.05. The van der Waals surface area contributed by atoms with E-state index >= 15 is 0 Å². The maximum Gasteiger partial charge on any atom is 0.288 e. The molecule has 0 saturated carbocycles. The van der Waals surface area contributed by atoms with E-state index in [4.69, 9.17) is 23.2 Å². The SMILES string of the molecule is O=C(Nc1nccc(Cl)n1)c1cccc([N+](=O)[O-])c1Cl. The number of nitrogens with one attached hydrogen (secondary N) is 1. The largest absolute Gasteiger partial charge is 0.290 e. The highest BCUT2D eigenvalue weighted by Crippen LogP contribution is 2.28. The fourth-order valence-electron chi connectivity index (χ4n) is 1.40. The molecule has 2 rings (SSSR count). The van der Waals surface area contributed by atoms with Gasteiger partial charge in [-0.3, -0.25) is 20.2 Å². The van der Waals surface area contributed by atoms with Crippen LogP contribution in [-0.4, -0.2) is 20.8 Å². The number of carbonyl (C=O) groups excluding carboxylic acids is 1. The summed E-state index contributed by atoms with van der Waals surface area (Å²) >= 11 is 11.5. The van der Waals surface area contributed by atoms with Crippen LogP contribution in [0.2, 0.25) is 10.2 Å². The van der Waals surface area contributed by atoms with E-state index in [1.807, 2.05) is 0 Å². The van der Waals surface area contributed by atoms with Crippen molar-refractivity contribution in [2.75, 3.05) is 5.32 Å². The highest BCUT2D eigenvalue weighted by molar-refractivity contribution is 6.36. The summed E-state index contributed by atoms with van der Waals surface area (Å²) in [5, 5.41) is 13.0. The summed E-state index contributed by atoms with van der Waals surface area (Å²) in [5.41, 5.74) is -0.407. The van der Waals surface area contributed by atoms with Crippen LogP contribution in [0.3, 0.4) is 0 Å². The lowest BCUT2D eigenvalue weighted by Crippen LogP contribution is -2.15. The Morgan fingerprint density at radius 2 is 2.05 bits per heavy atom. The van der Waals surface area contributed by atoms with Crippen molar-refractivity contribution < 1.29 is 9.72 Å². The van der Waals surface area contributed by atoms with Crippen molar-refractivity contribution in [1.29, 1.82) is 0 Å². The minimum Gasteiger partial charge on any atom is -0.290 e. The number of amides is 1. The van der Waals surface area contributed by atoms with Crippen molar-refractivity contribution >= 4 is 40.7 Å². The van der Waals surface area contributed by atoms with Crippen LogP contribution >= 0.6 is 23.2 Å². The third kappa shape index (κ3) is 3.01. The van der Waals surface area contributed by atoms with Crippen molar-refractivity contribution in [3.05, 3.63) is 56.3 Å². The molecule has 1 N–H and O–H groups in total. The molecule has 0 saturated heterocycles. The van der Waals surface area contributed by atoms with Gasteiger partial charge in [0.15, 0.2) is 0 Å². The number of hydrogen-bond donors (Lipinski definition) is 1. The first-order valence-electron chi connectivity index (χ1n) is 5.22. The Kier molecular flexibility index (Phi) is 4.11. The third-order valence-electron chi connectivity index (χ3n) is 2.27. The Bertz CT molecular complexity index is 693. The van der Waals surface area contributed by atoms with E-state index in [1.165, 1.54) is 30.5 Å². The predicted molar refractivity (Wildman–Crippen MR) is 73.1 cm³/mol. The van der Waals surface area contributed by atoms with E-state index in [2.05, 4.69) is 15.3 Å². The Hall–Kier alpha value is -2.25. The molecule has 2 aromatic rings. The first kappa shape index (κ1) is 14.2. The van der Waals surface area contributed by atoms with Gasteiger partial charge in [-0.1, -0.05) is 29.3 Å². The van der Waals surface area contributed by atoms with Gasteiger partial charge in [-0.2, -0.15) is 0 Å². The van der Waals surface area contributed by atoms with Crippen molar-refractivity contribution in [2.24, 2.45) is 0 Å². The zero-order chi connectivity index (χ0) is 14.7. The Morgan fingerprint density at radius 3 is 2.70 bits per heavy atom. The molecule has 1 aromatic heterocycles. The molecule has 0 spiro atoms. The first-order chi connectivity index (χ1) is 9.49. The van der Waals surface area contributed by atoms with Crippen LogP contribution in [0.25, 0.3) is 0 Å². The molecule has 9 heteroatoms. The summed E-state index contributed by atoms with van der Waals surface area (Å²) in [5.74, 6) is -0.689. The van der Waals surface area contributed by atoms with Gasteiger partial charge in [0.05, 0.1) is 10.5 Å². The molecule has 0 aliphatic carbocycles. The maximum absolute atomic E-state index is 12.0. The van der Waals surface area contributed by atoms with E-state index in [0.717, 1.165) is 0 Å². The van der Waals surface area contributed by atoms with Crippen molar-refractivity contribution in [1.82, 2.24) is 9.97 Å². The number of nitrogens with zero attached hydrogens (tertiary/aromatic N) is 3. The average Bonchev–Trinajstić information content (AvgIpc) is 2.38. The number of rotatable bonds is 3. The second-order valence-electron chi connectivity index (χ2n) is 3.55. The third-order valence-corrected chi connectivity index (χ3v) is 2.87. The van der Waals surface area contributed by atoms with Gasteiger partial charge in [0.1, 0.15) is 10.2 Å². The summed E-state index contributed by atoms with van der Waals surface area (Å²) in [6.45, 7) is 0. The maximum atomic E-state index is 12.0. The van der Waals surface area contributed by atoms with Gasteiger partial charge in [-0.25, -0.2) is 9.97 Å². The van der Waals surface area contributed by atoms with Gasteiger partial charge < -0.3 is 0 Å². The molecule has 1 heterocycles. The van der Waals surface area contributed by atoms with Crippen molar-refractivity contribution in [3.8, 4) is 0 Å². The predicted octanol–water partition coefficient (Wildman–Crippen LogP) is 2.94. The van der Waals surface area contributed by atoms with Gasteiger partial charge in [0.2, 0.25) is 5.95 Å². The second kappa shape index (κ2) is 5.81. The minimum atomic E-state index is -0.672. The van der Waals surface area contributed by atoms with Crippen molar-refractivity contribution in [3.63, 3.8) is 0 Å². The van der Waals surface area contributed by atoms with E-state index < -0.39 is 10.8 Å². The fraction of sp³-hybridized carbons (Fsp3) is 0. The average molecular weight is 313 g/mol. The number of carbonyl (C=O) groups is 1. The van der Waals surface area contributed by atoms with E-state index in [9.17, 15) is 14.9 Å². The molecule has 0 bridgehead atoms. The van der Waals surface area contributed by atoms with Crippen LogP contribution in [0, 0.1) is 10.1 Å². The van der Waals surface area contributed by atoms with Gasteiger partial charge in [0.25, 0.3) is 11.6 Å². The highest BCUT2D eigenvalue weighted by atomic mass is 35.5. The zero-order valence-corrected chi connectivity index (χ0v) is 11.2. The molecular formula is C11H6Cl2N4O3. The van der Waals surface area contributed by atoms with Crippen LogP contribution in [0.1, 0.15) is 10.4 Å². The zero-order valence-electron chi connectivity index (χ0n) is 9.71. The van der Waals surface area contributed by atoms with Gasteiger partial charge in [-0.15, -0.1) is 0 Å². The standard InChI is InChI=1S/C11H6Cl2N4O3/c12-8-4-5-14-11(15-8)16-10(18)6-2-1-3-7(9(6)13)17(19)20/h1-5H,(H,14,15,16,18). The molecule has 0 radical (unpaired) electrons. The Balaban J connectivity index is 2.30. The number of halogens is 2. The Labute approximate surface area is 122 Å². The molecule has 7 nitrogen and oxygen atoms in total. The molecule has 0 aliphatic heterocycles. The van der Waals surface area contributed by atoms with Crippen LogP contribution in [0.15, 0.2) is 30.5 Å². The molecule has 0 atom stereocenters. The minimum absolute atomic E-state index is 0.0231. The molecule has 0 unspecified atom stereocenters.